The standard InChI is InChI=1S/C10H8N4S/c11-5-8-3-1-2-4-9(8)6-15-10-12-7-13-14-10/h1-4,7H,6H2,(H,12,13,14). The highest BCUT2D eigenvalue weighted by atomic mass is 32.2. The van der Waals surface area contributed by atoms with E-state index in [0.29, 0.717) is 5.56 Å². The van der Waals surface area contributed by atoms with Crippen LogP contribution in [0.3, 0.4) is 0 Å². The summed E-state index contributed by atoms with van der Waals surface area (Å²) in [7, 11) is 0. The largest absolute Gasteiger partial charge is 0.254 e. The average Bonchev–Trinajstić information content (AvgIpc) is 2.79. The molecular weight excluding hydrogens is 208 g/mol. The first kappa shape index (κ1) is 9.74. The molecule has 4 nitrogen and oxygen atoms in total. The van der Waals surface area contributed by atoms with Gasteiger partial charge in [0.1, 0.15) is 6.33 Å². The summed E-state index contributed by atoms with van der Waals surface area (Å²) in [6.45, 7) is 0. The summed E-state index contributed by atoms with van der Waals surface area (Å²) in [5.74, 6) is 0.721. The van der Waals surface area contributed by atoms with Gasteiger partial charge in [0.25, 0.3) is 0 Å². The van der Waals surface area contributed by atoms with E-state index in [4.69, 9.17) is 5.26 Å². The first-order valence-corrected chi connectivity index (χ1v) is 5.35. The predicted molar refractivity (Wildman–Crippen MR) is 57.1 cm³/mol. The van der Waals surface area contributed by atoms with E-state index in [-0.39, 0.29) is 0 Å². The average molecular weight is 216 g/mol. The molecule has 0 bridgehead atoms. The summed E-state index contributed by atoms with van der Waals surface area (Å²) < 4.78 is 0. The molecule has 0 aliphatic heterocycles. The van der Waals surface area contributed by atoms with Crippen molar-refractivity contribution in [3.8, 4) is 6.07 Å². The van der Waals surface area contributed by atoms with Gasteiger partial charge in [0.2, 0.25) is 0 Å². The monoisotopic (exact) mass is 216 g/mol. The number of benzene rings is 1. The molecule has 0 aliphatic rings. The first-order chi connectivity index (χ1) is 7.40. The smallest absolute Gasteiger partial charge is 0.183 e. The summed E-state index contributed by atoms with van der Waals surface area (Å²) in [6, 6.07) is 9.72. The van der Waals surface area contributed by atoms with E-state index in [9.17, 15) is 0 Å². The van der Waals surface area contributed by atoms with Crippen molar-refractivity contribution < 1.29 is 0 Å². The maximum absolute atomic E-state index is 8.88. The molecule has 15 heavy (non-hydrogen) atoms. The Morgan fingerprint density at radius 2 is 2.27 bits per heavy atom. The lowest BCUT2D eigenvalue weighted by Gasteiger charge is -2.00. The van der Waals surface area contributed by atoms with E-state index in [2.05, 4.69) is 21.3 Å². The second-order valence-electron chi connectivity index (χ2n) is 2.85. The normalized spacial score (nSPS) is 9.80. The minimum absolute atomic E-state index is 0.713. The minimum atomic E-state index is 0.713. The summed E-state index contributed by atoms with van der Waals surface area (Å²) in [5.41, 5.74) is 1.73. The van der Waals surface area contributed by atoms with Crippen molar-refractivity contribution in [1.29, 1.82) is 5.26 Å². The van der Waals surface area contributed by atoms with Gasteiger partial charge in [0.05, 0.1) is 11.6 Å². The lowest BCUT2D eigenvalue weighted by Crippen LogP contribution is -1.87. The van der Waals surface area contributed by atoms with Gasteiger partial charge in [-0.2, -0.15) is 10.4 Å². The highest BCUT2D eigenvalue weighted by Gasteiger charge is 2.02. The Balaban J connectivity index is 2.08. The molecule has 0 atom stereocenters. The molecule has 0 saturated heterocycles. The molecule has 2 rings (SSSR count). The number of nitrogens with zero attached hydrogens (tertiary/aromatic N) is 3. The van der Waals surface area contributed by atoms with E-state index in [1.54, 1.807) is 0 Å². The summed E-state index contributed by atoms with van der Waals surface area (Å²) in [5, 5.41) is 16.2. The lowest BCUT2D eigenvalue weighted by atomic mass is 10.1. The highest BCUT2D eigenvalue weighted by Crippen LogP contribution is 2.20. The number of nitriles is 1. The van der Waals surface area contributed by atoms with Crippen molar-refractivity contribution in [1.82, 2.24) is 15.2 Å². The highest BCUT2D eigenvalue weighted by molar-refractivity contribution is 7.98. The van der Waals surface area contributed by atoms with Gasteiger partial charge < -0.3 is 0 Å². The Morgan fingerprint density at radius 1 is 1.40 bits per heavy atom. The van der Waals surface area contributed by atoms with Crippen LogP contribution in [-0.4, -0.2) is 15.2 Å². The molecule has 0 saturated carbocycles. The predicted octanol–water partition coefficient (Wildman–Crippen LogP) is 1.97. The molecule has 0 fully saturated rings. The number of H-pyrrole nitrogens is 1. The van der Waals surface area contributed by atoms with Crippen molar-refractivity contribution in [2.75, 3.05) is 0 Å². The van der Waals surface area contributed by atoms with Crippen LogP contribution in [-0.2, 0) is 5.75 Å². The summed E-state index contributed by atoms with van der Waals surface area (Å²) in [6.07, 6.45) is 1.47. The number of hydrogen-bond donors (Lipinski definition) is 1. The molecule has 5 heteroatoms. The van der Waals surface area contributed by atoms with E-state index in [1.165, 1.54) is 18.1 Å². The molecule has 0 radical (unpaired) electrons. The summed E-state index contributed by atoms with van der Waals surface area (Å²) in [4.78, 5) is 4.00. The van der Waals surface area contributed by atoms with Gasteiger partial charge in [0.15, 0.2) is 5.16 Å². The van der Waals surface area contributed by atoms with Crippen LogP contribution in [0.2, 0.25) is 0 Å². The Labute approximate surface area is 91.4 Å². The maximum Gasteiger partial charge on any atom is 0.183 e. The van der Waals surface area contributed by atoms with Crippen LogP contribution in [0.4, 0.5) is 0 Å². The fourth-order valence-electron chi connectivity index (χ4n) is 1.17. The molecular formula is C10H8N4S. The van der Waals surface area contributed by atoms with Crippen molar-refractivity contribution in [3.05, 3.63) is 41.7 Å². The zero-order chi connectivity index (χ0) is 10.5. The molecule has 0 amide bonds. The molecule has 1 N–H and O–H groups in total. The number of thioether (sulfide) groups is 1. The quantitative estimate of drug-likeness (QED) is 0.796. The van der Waals surface area contributed by atoms with Crippen molar-refractivity contribution >= 4 is 11.8 Å². The second-order valence-corrected chi connectivity index (χ2v) is 3.81. The molecule has 0 spiro atoms. The molecule has 0 aliphatic carbocycles. The number of rotatable bonds is 3. The SMILES string of the molecule is N#Cc1ccccc1CSc1ncn[nH]1. The Kier molecular flexibility index (Phi) is 3.00. The number of nitrogens with one attached hydrogen (secondary N) is 1. The Morgan fingerprint density at radius 3 is 3.00 bits per heavy atom. The van der Waals surface area contributed by atoms with Gasteiger partial charge in [-0.25, -0.2) is 4.98 Å². The van der Waals surface area contributed by atoms with Crippen LogP contribution in [0.5, 0.6) is 0 Å². The van der Waals surface area contributed by atoms with Crippen LogP contribution in [0.25, 0.3) is 0 Å². The molecule has 74 valence electrons. The van der Waals surface area contributed by atoms with E-state index in [0.717, 1.165) is 16.5 Å². The van der Waals surface area contributed by atoms with Gasteiger partial charge in [-0.3, -0.25) is 5.10 Å². The van der Waals surface area contributed by atoms with Crippen LogP contribution in [0, 0.1) is 11.3 Å². The number of hydrogen-bond acceptors (Lipinski definition) is 4. The van der Waals surface area contributed by atoms with E-state index in [1.807, 2.05) is 24.3 Å². The first-order valence-electron chi connectivity index (χ1n) is 4.36. The van der Waals surface area contributed by atoms with Gasteiger partial charge in [-0.05, 0) is 11.6 Å². The Bertz CT molecular complexity index is 472. The van der Waals surface area contributed by atoms with Gasteiger partial charge in [0, 0.05) is 5.75 Å². The van der Waals surface area contributed by atoms with E-state index < -0.39 is 0 Å². The van der Waals surface area contributed by atoms with Crippen molar-refractivity contribution in [2.45, 2.75) is 10.9 Å². The zero-order valence-electron chi connectivity index (χ0n) is 7.84. The molecule has 0 unspecified atom stereocenters. The second kappa shape index (κ2) is 4.62. The lowest BCUT2D eigenvalue weighted by molar-refractivity contribution is 0.972. The molecule has 1 heterocycles. The van der Waals surface area contributed by atoms with Gasteiger partial charge >= 0.3 is 0 Å². The topological polar surface area (TPSA) is 65.4 Å². The third-order valence-electron chi connectivity index (χ3n) is 1.90. The Hall–Kier alpha value is -1.80. The maximum atomic E-state index is 8.88. The van der Waals surface area contributed by atoms with Crippen molar-refractivity contribution in [2.24, 2.45) is 0 Å². The van der Waals surface area contributed by atoms with Crippen LogP contribution >= 0.6 is 11.8 Å². The molecule has 1 aromatic carbocycles. The minimum Gasteiger partial charge on any atom is -0.254 e. The summed E-state index contributed by atoms with van der Waals surface area (Å²) >= 11 is 1.53. The number of aromatic amines is 1. The molecule has 2 aromatic rings. The van der Waals surface area contributed by atoms with Crippen molar-refractivity contribution in [3.63, 3.8) is 0 Å². The van der Waals surface area contributed by atoms with Crippen LogP contribution in [0.1, 0.15) is 11.1 Å². The van der Waals surface area contributed by atoms with Crippen LogP contribution < -0.4 is 0 Å². The van der Waals surface area contributed by atoms with Gasteiger partial charge in [-0.1, -0.05) is 30.0 Å². The zero-order valence-corrected chi connectivity index (χ0v) is 8.66. The third-order valence-corrected chi connectivity index (χ3v) is 2.82. The third kappa shape index (κ3) is 2.36. The fourth-order valence-corrected chi connectivity index (χ4v) is 1.95. The number of aromatic nitrogens is 3. The molecule has 1 aromatic heterocycles. The van der Waals surface area contributed by atoms with E-state index >= 15 is 0 Å². The van der Waals surface area contributed by atoms with Gasteiger partial charge in [-0.15, -0.1) is 0 Å². The van der Waals surface area contributed by atoms with Crippen LogP contribution in [0.15, 0.2) is 35.7 Å². The fraction of sp³-hybridized carbons (Fsp3) is 0.100.